The monoisotopic (exact) mass is 354 g/mol. The third-order valence-corrected chi connectivity index (χ3v) is 5.10. The van der Waals surface area contributed by atoms with Crippen LogP contribution < -0.4 is 0 Å². The van der Waals surface area contributed by atoms with E-state index >= 15 is 0 Å². The molecule has 144 valence electrons. The lowest BCUT2D eigenvalue weighted by atomic mass is 9.84. The van der Waals surface area contributed by atoms with Gasteiger partial charge in [0.15, 0.2) is 0 Å². The largest absolute Gasteiger partial charge is 0.481 e. The van der Waals surface area contributed by atoms with E-state index < -0.39 is 18.2 Å². The van der Waals surface area contributed by atoms with Gasteiger partial charge in [-0.1, -0.05) is 51.2 Å². The van der Waals surface area contributed by atoms with Crippen LogP contribution in [0.25, 0.3) is 0 Å². The molecule has 0 aromatic rings. The van der Waals surface area contributed by atoms with Gasteiger partial charge in [0.25, 0.3) is 0 Å². The fourth-order valence-corrected chi connectivity index (χ4v) is 3.67. The first-order valence-corrected chi connectivity index (χ1v) is 9.73. The summed E-state index contributed by atoms with van der Waals surface area (Å²) in [5.74, 6) is -1.47. The summed E-state index contributed by atoms with van der Waals surface area (Å²) >= 11 is 0. The van der Waals surface area contributed by atoms with Crippen LogP contribution in [-0.4, -0.2) is 39.3 Å². The van der Waals surface area contributed by atoms with Gasteiger partial charge in [-0.05, 0) is 25.7 Å². The summed E-state index contributed by atoms with van der Waals surface area (Å²) in [6, 6.07) is 0. The molecular formula is C20H34O5. The van der Waals surface area contributed by atoms with Gasteiger partial charge in [0, 0.05) is 24.7 Å². The van der Waals surface area contributed by atoms with Crippen molar-refractivity contribution in [2.75, 3.05) is 0 Å². The van der Waals surface area contributed by atoms with Crippen molar-refractivity contribution in [2.24, 2.45) is 11.8 Å². The van der Waals surface area contributed by atoms with E-state index in [2.05, 4.69) is 6.92 Å². The number of allylic oxidation sites excluding steroid dienone is 2. The Hall–Kier alpha value is -1.20. The molecule has 0 aliphatic heterocycles. The lowest BCUT2D eigenvalue weighted by Gasteiger charge is -2.25. The number of carboxylic acid groups (broad SMARTS) is 1. The summed E-state index contributed by atoms with van der Waals surface area (Å²) in [5, 5.41) is 29.2. The van der Waals surface area contributed by atoms with Crippen LogP contribution in [0.15, 0.2) is 12.2 Å². The number of carbonyl (C=O) groups is 2. The first kappa shape index (κ1) is 21.8. The summed E-state index contributed by atoms with van der Waals surface area (Å²) < 4.78 is 0. The van der Waals surface area contributed by atoms with Crippen molar-refractivity contribution in [2.45, 2.75) is 89.8 Å². The van der Waals surface area contributed by atoms with Crippen molar-refractivity contribution in [1.82, 2.24) is 0 Å². The molecule has 0 aromatic carbocycles. The number of hydrogen-bond donors (Lipinski definition) is 3. The molecule has 1 saturated carbocycles. The fourth-order valence-electron chi connectivity index (χ4n) is 3.67. The Morgan fingerprint density at radius 3 is 2.60 bits per heavy atom. The third-order valence-electron chi connectivity index (χ3n) is 5.10. The Labute approximate surface area is 151 Å². The lowest BCUT2D eigenvalue weighted by molar-refractivity contribution is -0.137. The summed E-state index contributed by atoms with van der Waals surface area (Å²) in [6.07, 6.45) is 10.6. The van der Waals surface area contributed by atoms with E-state index in [-0.39, 0.29) is 30.5 Å². The van der Waals surface area contributed by atoms with E-state index in [0.29, 0.717) is 25.7 Å². The molecule has 0 amide bonds. The molecule has 1 rings (SSSR count). The normalized spacial score (nSPS) is 24.9. The number of rotatable bonds is 13. The van der Waals surface area contributed by atoms with E-state index in [9.17, 15) is 19.8 Å². The van der Waals surface area contributed by atoms with E-state index in [1.54, 1.807) is 0 Å². The van der Waals surface area contributed by atoms with Gasteiger partial charge in [0.1, 0.15) is 5.78 Å². The molecule has 25 heavy (non-hydrogen) atoms. The second kappa shape index (κ2) is 12.2. The number of aliphatic hydroxyl groups excluding tert-OH is 2. The zero-order valence-corrected chi connectivity index (χ0v) is 15.4. The fraction of sp³-hybridized carbons (Fsp3) is 0.800. The minimum atomic E-state index is -0.801. The molecule has 5 heteroatoms. The predicted molar refractivity (Wildman–Crippen MR) is 97.2 cm³/mol. The second-order valence-corrected chi connectivity index (χ2v) is 7.18. The molecule has 5 nitrogen and oxygen atoms in total. The van der Waals surface area contributed by atoms with Crippen LogP contribution in [0.5, 0.6) is 0 Å². The van der Waals surface area contributed by atoms with Crippen LogP contribution in [0, 0.1) is 11.8 Å². The highest BCUT2D eigenvalue weighted by Gasteiger charge is 2.44. The molecule has 1 aliphatic carbocycles. The van der Waals surface area contributed by atoms with E-state index in [4.69, 9.17) is 5.11 Å². The van der Waals surface area contributed by atoms with Crippen molar-refractivity contribution >= 4 is 11.8 Å². The molecule has 0 saturated heterocycles. The first-order valence-electron chi connectivity index (χ1n) is 9.73. The molecule has 3 N–H and O–H groups in total. The third kappa shape index (κ3) is 8.15. The summed E-state index contributed by atoms with van der Waals surface area (Å²) in [7, 11) is 0. The van der Waals surface area contributed by atoms with Gasteiger partial charge in [0.2, 0.25) is 0 Å². The average Bonchev–Trinajstić information content (AvgIpc) is 2.83. The van der Waals surface area contributed by atoms with Crippen LogP contribution in [0.4, 0.5) is 0 Å². The SMILES string of the molecule is CCCCCCCC(O)[C@@H]1C(O)CC(=O)[C@@H]1CC=CCCCC(=O)O. The Balaban J connectivity index is 2.42. The van der Waals surface area contributed by atoms with E-state index in [1.165, 1.54) is 12.8 Å². The number of aliphatic hydroxyl groups is 2. The number of aliphatic carboxylic acids is 1. The Bertz CT molecular complexity index is 432. The number of carboxylic acids is 1. The Morgan fingerprint density at radius 2 is 1.92 bits per heavy atom. The van der Waals surface area contributed by atoms with Crippen LogP contribution in [0.3, 0.4) is 0 Å². The van der Waals surface area contributed by atoms with Gasteiger partial charge >= 0.3 is 5.97 Å². The molecule has 0 heterocycles. The van der Waals surface area contributed by atoms with E-state index in [0.717, 1.165) is 19.3 Å². The van der Waals surface area contributed by atoms with Crippen molar-refractivity contribution in [1.29, 1.82) is 0 Å². The van der Waals surface area contributed by atoms with Gasteiger partial charge in [0.05, 0.1) is 12.2 Å². The topological polar surface area (TPSA) is 94.8 Å². The van der Waals surface area contributed by atoms with Gasteiger partial charge in [-0.25, -0.2) is 0 Å². The Kier molecular flexibility index (Phi) is 10.7. The minimum absolute atomic E-state index is 0.0257. The van der Waals surface area contributed by atoms with Gasteiger partial charge in [-0.3, -0.25) is 9.59 Å². The Morgan fingerprint density at radius 1 is 1.20 bits per heavy atom. The highest BCUT2D eigenvalue weighted by Crippen LogP contribution is 2.36. The highest BCUT2D eigenvalue weighted by atomic mass is 16.4. The molecule has 0 aromatic heterocycles. The number of hydrogen-bond acceptors (Lipinski definition) is 4. The van der Waals surface area contributed by atoms with Crippen molar-refractivity contribution in [3.63, 3.8) is 0 Å². The summed E-state index contributed by atoms with van der Waals surface area (Å²) in [5.41, 5.74) is 0. The molecule has 2 unspecified atom stereocenters. The van der Waals surface area contributed by atoms with Gasteiger partial charge in [-0.15, -0.1) is 0 Å². The van der Waals surface area contributed by atoms with E-state index in [1.807, 2.05) is 12.2 Å². The van der Waals surface area contributed by atoms with Gasteiger partial charge < -0.3 is 15.3 Å². The number of carbonyl (C=O) groups excluding carboxylic acids is 1. The zero-order chi connectivity index (χ0) is 18.7. The average molecular weight is 354 g/mol. The standard InChI is InChI=1S/C20H34O5/c1-2-3-4-5-9-12-16(21)20-15(17(22)14-18(20)23)11-8-6-7-10-13-19(24)25/h6,8,15-16,18,20-21,23H,2-5,7,9-14H2,1H3,(H,24,25)/t15-,16?,18?,20+/m0/s1. The molecule has 0 radical (unpaired) electrons. The van der Waals surface area contributed by atoms with Crippen LogP contribution in [0.1, 0.15) is 77.6 Å². The predicted octanol–water partition coefficient (Wildman–Crippen LogP) is 3.48. The zero-order valence-electron chi connectivity index (χ0n) is 15.4. The maximum Gasteiger partial charge on any atom is 0.303 e. The smallest absolute Gasteiger partial charge is 0.303 e. The van der Waals surface area contributed by atoms with Gasteiger partial charge in [-0.2, -0.15) is 0 Å². The molecule has 1 aliphatic rings. The number of unbranched alkanes of at least 4 members (excludes halogenated alkanes) is 5. The molecule has 0 bridgehead atoms. The maximum atomic E-state index is 12.1. The molecule has 0 spiro atoms. The van der Waals surface area contributed by atoms with Crippen molar-refractivity contribution in [3.8, 4) is 0 Å². The summed E-state index contributed by atoms with van der Waals surface area (Å²) in [6.45, 7) is 2.16. The van der Waals surface area contributed by atoms with Crippen LogP contribution in [-0.2, 0) is 9.59 Å². The second-order valence-electron chi connectivity index (χ2n) is 7.18. The summed E-state index contributed by atoms with van der Waals surface area (Å²) in [4.78, 5) is 22.6. The minimum Gasteiger partial charge on any atom is -0.481 e. The number of Topliss-reactive ketones (excluding diaryl/α,β-unsaturated/α-hetero) is 1. The van der Waals surface area contributed by atoms with Crippen LogP contribution >= 0.6 is 0 Å². The maximum absolute atomic E-state index is 12.1. The van der Waals surface area contributed by atoms with Crippen molar-refractivity contribution < 1.29 is 24.9 Å². The molecular weight excluding hydrogens is 320 g/mol. The first-order chi connectivity index (χ1) is 12.0. The molecule has 4 atom stereocenters. The highest BCUT2D eigenvalue weighted by molar-refractivity contribution is 5.84. The van der Waals surface area contributed by atoms with Crippen LogP contribution in [0.2, 0.25) is 0 Å². The molecule has 1 fully saturated rings. The van der Waals surface area contributed by atoms with Crippen molar-refractivity contribution in [3.05, 3.63) is 12.2 Å². The lowest BCUT2D eigenvalue weighted by Crippen LogP contribution is -2.32. The quantitative estimate of drug-likeness (QED) is 0.348. The number of ketones is 1.